The van der Waals surface area contributed by atoms with E-state index in [1.807, 2.05) is 12.1 Å². The van der Waals surface area contributed by atoms with Crippen LogP contribution < -0.4 is 0 Å². The summed E-state index contributed by atoms with van der Waals surface area (Å²) in [6.07, 6.45) is 2.74. The minimum atomic E-state index is 0.953. The summed E-state index contributed by atoms with van der Waals surface area (Å²) in [6.45, 7) is 5.97. The normalized spacial score (nSPS) is 9.64. The Morgan fingerprint density at radius 1 is 1.64 bits per heavy atom. The molecule has 0 aliphatic carbocycles. The van der Waals surface area contributed by atoms with Gasteiger partial charge < -0.3 is 0 Å². The summed E-state index contributed by atoms with van der Waals surface area (Å²) in [6, 6.07) is 3.94. The molecule has 1 aromatic heterocycles. The second-order valence-corrected chi connectivity index (χ2v) is 3.23. The minimum Gasteiger partial charge on any atom is -0.255 e. The number of rotatable bonds is 2. The van der Waals surface area contributed by atoms with Crippen molar-refractivity contribution in [1.29, 1.82) is 0 Å². The second kappa shape index (κ2) is 3.67. The monoisotopic (exact) mass is 211 g/mol. The summed E-state index contributed by atoms with van der Waals surface area (Å²) in [5, 5.41) is 0. The maximum absolute atomic E-state index is 4.20. The molecule has 0 unspecified atom stereocenters. The number of hydrogen-bond acceptors (Lipinski definition) is 1. The van der Waals surface area contributed by atoms with E-state index < -0.39 is 0 Å². The lowest BCUT2D eigenvalue weighted by molar-refractivity contribution is 1.17. The van der Waals surface area contributed by atoms with E-state index in [1.54, 1.807) is 6.20 Å². The molecule has 0 aliphatic heterocycles. The number of allylic oxidation sites excluding steroid dienone is 1. The lowest BCUT2D eigenvalue weighted by Crippen LogP contribution is -1.84. The number of hydrogen-bond donors (Lipinski definition) is 0. The Balaban J connectivity index is 2.90. The molecule has 11 heavy (non-hydrogen) atoms. The molecule has 0 aromatic carbocycles. The molecule has 0 atom stereocenters. The molecule has 0 N–H and O–H groups in total. The van der Waals surface area contributed by atoms with Crippen LogP contribution in [0.3, 0.4) is 0 Å². The first-order valence-corrected chi connectivity index (χ1v) is 4.33. The third kappa shape index (κ3) is 2.15. The van der Waals surface area contributed by atoms with E-state index in [-0.39, 0.29) is 0 Å². The fraction of sp³-hybridized carbons (Fsp3) is 0.222. The maximum Gasteiger partial charge on any atom is 0.0656 e. The zero-order valence-corrected chi connectivity index (χ0v) is 8.06. The Bertz CT molecular complexity index is 251. The molecule has 1 aromatic rings. The lowest BCUT2D eigenvalue weighted by atomic mass is 10.1. The van der Waals surface area contributed by atoms with Crippen molar-refractivity contribution in [2.24, 2.45) is 0 Å². The Kier molecular flexibility index (Phi) is 2.83. The van der Waals surface area contributed by atoms with E-state index >= 15 is 0 Å². The van der Waals surface area contributed by atoms with Crippen LogP contribution in [0.2, 0.25) is 0 Å². The van der Waals surface area contributed by atoms with E-state index in [9.17, 15) is 0 Å². The molecule has 1 heterocycles. The van der Waals surface area contributed by atoms with Crippen molar-refractivity contribution in [3.63, 3.8) is 0 Å². The van der Waals surface area contributed by atoms with Crippen molar-refractivity contribution in [2.45, 2.75) is 13.3 Å². The van der Waals surface area contributed by atoms with Crippen LogP contribution in [0.15, 0.2) is 29.4 Å². The molecule has 1 rings (SSSR count). The molecule has 0 saturated heterocycles. The average molecular weight is 212 g/mol. The first-order chi connectivity index (χ1) is 5.24. The molecule has 0 aliphatic rings. The summed E-state index contributed by atoms with van der Waals surface area (Å²) in [5.41, 5.74) is 2.06. The van der Waals surface area contributed by atoms with Gasteiger partial charge in [0, 0.05) is 10.7 Å². The van der Waals surface area contributed by atoms with Crippen molar-refractivity contribution in [2.75, 3.05) is 0 Å². The van der Waals surface area contributed by atoms with E-state index in [4.69, 9.17) is 0 Å². The summed E-state index contributed by atoms with van der Waals surface area (Å²) < 4.78 is 1.00. The summed E-state index contributed by atoms with van der Waals surface area (Å²) in [4.78, 5) is 4.20. The molecule has 0 amide bonds. The van der Waals surface area contributed by atoms with Crippen molar-refractivity contribution in [3.8, 4) is 0 Å². The van der Waals surface area contributed by atoms with Gasteiger partial charge in [-0.25, -0.2) is 0 Å². The Morgan fingerprint density at radius 2 is 2.36 bits per heavy atom. The minimum absolute atomic E-state index is 0.953. The maximum atomic E-state index is 4.20. The quantitative estimate of drug-likeness (QED) is 0.733. The first-order valence-electron chi connectivity index (χ1n) is 3.53. The van der Waals surface area contributed by atoms with Gasteiger partial charge in [0.2, 0.25) is 0 Å². The van der Waals surface area contributed by atoms with Crippen molar-refractivity contribution < 1.29 is 0 Å². The van der Waals surface area contributed by atoms with Crippen molar-refractivity contribution in [3.05, 3.63) is 35.1 Å². The molecule has 1 nitrogen and oxygen atoms in total. The van der Waals surface area contributed by atoms with Gasteiger partial charge in [-0.15, -0.1) is 0 Å². The molecule has 0 radical (unpaired) electrons. The fourth-order valence-corrected chi connectivity index (χ4v) is 1.00. The van der Waals surface area contributed by atoms with Crippen LogP contribution in [0.1, 0.15) is 19.0 Å². The average Bonchev–Trinajstić information content (AvgIpc) is 2.05. The van der Waals surface area contributed by atoms with Gasteiger partial charge in [-0.3, -0.25) is 4.98 Å². The smallest absolute Gasteiger partial charge is 0.0656 e. The van der Waals surface area contributed by atoms with Gasteiger partial charge >= 0.3 is 0 Å². The molecular weight excluding hydrogens is 202 g/mol. The fourth-order valence-electron chi connectivity index (χ4n) is 0.766. The van der Waals surface area contributed by atoms with Gasteiger partial charge in [0.05, 0.1) is 5.69 Å². The van der Waals surface area contributed by atoms with Crippen LogP contribution in [0.5, 0.6) is 0 Å². The van der Waals surface area contributed by atoms with Crippen molar-refractivity contribution in [1.82, 2.24) is 4.98 Å². The van der Waals surface area contributed by atoms with Gasteiger partial charge in [-0.1, -0.05) is 13.5 Å². The summed E-state index contributed by atoms with van der Waals surface area (Å²) >= 11 is 3.32. The molecule has 2 heteroatoms. The zero-order chi connectivity index (χ0) is 8.27. The number of nitrogens with zero attached hydrogens (tertiary/aromatic N) is 1. The predicted molar refractivity (Wildman–Crippen MR) is 51.3 cm³/mol. The van der Waals surface area contributed by atoms with E-state index in [1.165, 1.54) is 0 Å². The molecular formula is C9H10BrN. The Hall–Kier alpha value is -0.630. The summed E-state index contributed by atoms with van der Waals surface area (Å²) in [5.74, 6) is 0. The van der Waals surface area contributed by atoms with Crippen molar-refractivity contribution >= 4 is 21.5 Å². The standard InChI is InChI=1S/C9H10BrN/c1-3-7(2)9-5-4-8(10)6-11-9/h4-6H,2-3H2,1H3. The van der Waals surface area contributed by atoms with Crippen LogP contribution in [0, 0.1) is 0 Å². The zero-order valence-electron chi connectivity index (χ0n) is 6.47. The molecule has 0 spiro atoms. The Morgan fingerprint density at radius 3 is 2.82 bits per heavy atom. The Labute approximate surface area is 75.3 Å². The first kappa shape index (κ1) is 8.47. The van der Waals surface area contributed by atoms with Crippen LogP contribution in [-0.4, -0.2) is 4.98 Å². The van der Waals surface area contributed by atoms with Gasteiger partial charge in [-0.2, -0.15) is 0 Å². The summed E-state index contributed by atoms with van der Waals surface area (Å²) in [7, 11) is 0. The van der Waals surface area contributed by atoms with E-state index in [0.29, 0.717) is 0 Å². The molecule has 0 fully saturated rings. The van der Waals surface area contributed by atoms with Crippen LogP contribution in [-0.2, 0) is 0 Å². The highest BCUT2D eigenvalue weighted by Gasteiger charge is 1.95. The van der Waals surface area contributed by atoms with Gasteiger partial charge in [0.15, 0.2) is 0 Å². The lowest BCUT2D eigenvalue weighted by Gasteiger charge is -1.99. The van der Waals surface area contributed by atoms with E-state index in [0.717, 1.165) is 22.2 Å². The van der Waals surface area contributed by atoms with Gasteiger partial charge in [-0.05, 0) is 40.1 Å². The van der Waals surface area contributed by atoms with Crippen LogP contribution in [0.4, 0.5) is 0 Å². The van der Waals surface area contributed by atoms with E-state index in [2.05, 4.69) is 34.4 Å². The highest BCUT2D eigenvalue weighted by atomic mass is 79.9. The molecule has 0 bridgehead atoms. The van der Waals surface area contributed by atoms with Gasteiger partial charge in [0.1, 0.15) is 0 Å². The third-order valence-electron chi connectivity index (χ3n) is 1.52. The SMILES string of the molecule is C=C(CC)c1ccc(Br)cn1. The molecule has 0 saturated carbocycles. The number of halogens is 1. The van der Waals surface area contributed by atoms with Crippen LogP contribution in [0.25, 0.3) is 5.57 Å². The number of pyridine rings is 1. The van der Waals surface area contributed by atoms with Gasteiger partial charge in [0.25, 0.3) is 0 Å². The highest BCUT2D eigenvalue weighted by Crippen LogP contribution is 2.15. The molecule has 58 valence electrons. The largest absolute Gasteiger partial charge is 0.255 e. The predicted octanol–water partition coefficient (Wildman–Crippen LogP) is 3.27. The highest BCUT2D eigenvalue weighted by molar-refractivity contribution is 9.10. The number of aromatic nitrogens is 1. The van der Waals surface area contributed by atoms with Crippen LogP contribution >= 0.6 is 15.9 Å². The second-order valence-electron chi connectivity index (χ2n) is 2.32. The third-order valence-corrected chi connectivity index (χ3v) is 1.99. The topological polar surface area (TPSA) is 12.9 Å².